The fourth-order valence-corrected chi connectivity index (χ4v) is 0.492. The third-order valence-electron chi connectivity index (χ3n) is 1.15. The van der Waals surface area contributed by atoms with Crippen LogP contribution in [0.2, 0.25) is 0 Å². The van der Waals surface area contributed by atoms with Gasteiger partial charge in [0.1, 0.15) is 18.3 Å². The summed E-state index contributed by atoms with van der Waals surface area (Å²) in [5.41, 5.74) is 0. The molecule has 3 atom stereocenters. The molecule has 0 aliphatic heterocycles. The van der Waals surface area contributed by atoms with Crippen molar-refractivity contribution in [3.63, 3.8) is 0 Å². The minimum absolute atomic E-state index is 0.642. The van der Waals surface area contributed by atoms with Gasteiger partial charge in [0.15, 0.2) is 0 Å². The molecule has 0 spiro atoms. The van der Waals surface area contributed by atoms with Gasteiger partial charge in [0.25, 0.3) is 0 Å². The Morgan fingerprint density at radius 1 is 1.27 bits per heavy atom. The van der Waals surface area contributed by atoms with E-state index in [9.17, 15) is 0 Å². The molecule has 0 aromatic heterocycles. The van der Waals surface area contributed by atoms with Gasteiger partial charge in [-0.1, -0.05) is 5.16 Å². The first-order valence-electron chi connectivity index (χ1n) is 2.96. The van der Waals surface area contributed by atoms with Crippen LogP contribution in [0.4, 0.5) is 0 Å². The molecule has 0 unspecified atom stereocenters. The third kappa shape index (κ3) is 3.28. The summed E-state index contributed by atoms with van der Waals surface area (Å²) in [7, 11) is 0. The fourth-order valence-electron chi connectivity index (χ4n) is 0.492. The molecular formula is C5H11NO5. The maximum absolute atomic E-state index is 8.85. The smallest absolute Gasteiger partial charge is 0.121 e. The highest BCUT2D eigenvalue weighted by Crippen LogP contribution is 1.97. The van der Waals surface area contributed by atoms with Gasteiger partial charge in [-0.3, -0.25) is 0 Å². The van der Waals surface area contributed by atoms with E-state index in [4.69, 9.17) is 25.6 Å². The standard InChI is InChI=1S/C5H11NO5/c7-2-4(9)5(10)3(8)1-6-11/h1,3-5,7-11H,2H2/b6-1+/t3-,4+,5+/m0/s1. The molecule has 6 nitrogen and oxygen atoms in total. The SMILES string of the molecule is OC[C@@H](O)[C@H](O)[C@@H](O)/C=N/O. The lowest BCUT2D eigenvalue weighted by atomic mass is 10.1. The van der Waals surface area contributed by atoms with Crippen molar-refractivity contribution in [2.45, 2.75) is 18.3 Å². The molecule has 0 radical (unpaired) electrons. The molecule has 11 heavy (non-hydrogen) atoms. The summed E-state index contributed by atoms with van der Waals surface area (Å²) in [5.74, 6) is 0. The zero-order chi connectivity index (χ0) is 8.85. The Morgan fingerprint density at radius 3 is 2.18 bits per heavy atom. The number of aliphatic hydroxyl groups excluding tert-OH is 4. The molecule has 0 saturated heterocycles. The summed E-state index contributed by atoms with van der Waals surface area (Å²) in [4.78, 5) is 0. The molecule has 0 aromatic carbocycles. The summed E-state index contributed by atoms with van der Waals surface area (Å²) in [6, 6.07) is 0. The second-order valence-corrected chi connectivity index (χ2v) is 2.00. The summed E-state index contributed by atoms with van der Waals surface area (Å²) >= 11 is 0. The number of rotatable bonds is 4. The Kier molecular flexibility index (Phi) is 4.71. The van der Waals surface area contributed by atoms with Gasteiger partial charge in [-0.25, -0.2) is 0 Å². The number of oxime groups is 1. The van der Waals surface area contributed by atoms with E-state index in [0.717, 1.165) is 0 Å². The normalized spacial score (nSPS) is 20.0. The van der Waals surface area contributed by atoms with E-state index in [1.807, 2.05) is 0 Å². The lowest BCUT2D eigenvalue weighted by Crippen LogP contribution is -2.40. The van der Waals surface area contributed by atoms with Crippen molar-refractivity contribution in [3.05, 3.63) is 0 Å². The van der Waals surface area contributed by atoms with Gasteiger partial charge in [-0.2, -0.15) is 0 Å². The maximum Gasteiger partial charge on any atom is 0.121 e. The fraction of sp³-hybridized carbons (Fsp3) is 0.800. The predicted molar refractivity (Wildman–Crippen MR) is 35.4 cm³/mol. The van der Waals surface area contributed by atoms with E-state index in [-0.39, 0.29) is 0 Å². The first-order valence-corrected chi connectivity index (χ1v) is 2.96. The van der Waals surface area contributed by atoms with Crippen LogP contribution in [-0.2, 0) is 0 Å². The summed E-state index contributed by atoms with van der Waals surface area (Å²) in [6.45, 7) is -0.669. The summed E-state index contributed by atoms with van der Waals surface area (Å²) < 4.78 is 0. The molecule has 6 heteroatoms. The van der Waals surface area contributed by atoms with Gasteiger partial charge in [0.05, 0.1) is 12.8 Å². The van der Waals surface area contributed by atoms with Crippen molar-refractivity contribution in [1.29, 1.82) is 0 Å². The highest BCUT2D eigenvalue weighted by atomic mass is 16.4. The molecule has 0 rings (SSSR count). The van der Waals surface area contributed by atoms with E-state index in [1.165, 1.54) is 0 Å². The minimum Gasteiger partial charge on any atom is -0.411 e. The number of aliphatic hydroxyl groups is 4. The van der Waals surface area contributed by atoms with Crippen molar-refractivity contribution in [2.24, 2.45) is 5.16 Å². The second-order valence-electron chi connectivity index (χ2n) is 2.00. The van der Waals surface area contributed by atoms with Crippen molar-refractivity contribution in [2.75, 3.05) is 6.61 Å². The van der Waals surface area contributed by atoms with Crippen molar-refractivity contribution >= 4 is 6.21 Å². The molecule has 0 aromatic rings. The van der Waals surface area contributed by atoms with E-state index in [0.29, 0.717) is 6.21 Å². The minimum atomic E-state index is -1.55. The summed E-state index contributed by atoms with van der Waals surface area (Å²) in [6.07, 6.45) is -3.83. The van der Waals surface area contributed by atoms with Crippen molar-refractivity contribution in [1.82, 2.24) is 0 Å². The highest BCUT2D eigenvalue weighted by Gasteiger charge is 2.22. The van der Waals surface area contributed by atoms with Gasteiger partial charge in [-0.15, -0.1) is 0 Å². The first kappa shape index (κ1) is 10.3. The Labute approximate surface area is 63.0 Å². The second kappa shape index (κ2) is 5.03. The summed E-state index contributed by atoms with van der Waals surface area (Å²) in [5, 5.41) is 45.0. The average Bonchev–Trinajstić information content (AvgIpc) is 2.02. The zero-order valence-electron chi connectivity index (χ0n) is 5.70. The molecule has 0 bridgehead atoms. The Bertz CT molecular complexity index is 128. The Balaban J connectivity index is 3.90. The molecule has 0 amide bonds. The molecule has 66 valence electrons. The zero-order valence-corrected chi connectivity index (χ0v) is 5.70. The van der Waals surface area contributed by atoms with E-state index >= 15 is 0 Å². The van der Waals surface area contributed by atoms with Crippen LogP contribution >= 0.6 is 0 Å². The van der Waals surface area contributed by atoms with Gasteiger partial charge in [-0.05, 0) is 0 Å². The number of hydrogen-bond acceptors (Lipinski definition) is 6. The Morgan fingerprint density at radius 2 is 1.82 bits per heavy atom. The van der Waals surface area contributed by atoms with Crippen LogP contribution in [0.15, 0.2) is 5.16 Å². The van der Waals surface area contributed by atoms with E-state index < -0.39 is 24.9 Å². The molecule has 0 saturated carbocycles. The molecular weight excluding hydrogens is 154 g/mol. The quantitative estimate of drug-likeness (QED) is 0.180. The molecule has 5 N–H and O–H groups in total. The van der Waals surface area contributed by atoms with Crippen LogP contribution in [0.1, 0.15) is 0 Å². The highest BCUT2D eigenvalue weighted by molar-refractivity contribution is 5.62. The third-order valence-corrected chi connectivity index (χ3v) is 1.15. The predicted octanol–water partition coefficient (Wildman–Crippen LogP) is -2.48. The number of nitrogens with zero attached hydrogens (tertiary/aromatic N) is 1. The van der Waals surface area contributed by atoms with Crippen LogP contribution in [0.3, 0.4) is 0 Å². The molecule has 0 aliphatic carbocycles. The monoisotopic (exact) mass is 165 g/mol. The van der Waals surface area contributed by atoms with Crippen LogP contribution in [0, 0.1) is 0 Å². The molecule has 0 fully saturated rings. The average molecular weight is 165 g/mol. The molecule has 0 aliphatic rings. The number of hydrogen-bond donors (Lipinski definition) is 5. The van der Waals surface area contributed by atoms with Gasteiger partial charge in [0, 0.05) is 0 Å². The maximum atomic E-state index is 8.85. The van der Waals surface area contributed by atoms with Gasteiger partial charge in [0.2, 0.25) is 0 Å². The van der Waals surface area contributed by atoms with Crippen molar-refractivity contribution < 1.29 is 25.6 Å². The van der Waals surface area contributed by atoms with Crippen LogP contribution in [-0.4, -0.2) is 56.8 Å². The molecule has 0 heterocycles. The first-order chi connectivity index (χ1) is 5.13. The Hall–Kier alpha value is -0.690. The van der Waals surface area contributed by atoms with Gasteiger partial charge < -0.3 is 25.6 Å². The topological polar surface area (TPSA) is 114 Å². The van der Waals surface area contributed by atoms with Crippen molar-refractivity contribution in [3.8, 4) is 0 Å². The largest absolute Gasteiger partial charge is 0.411 e. The van der Waals surface area contributed by atoms with Crippen LogP contribution < -0.4 is 0 Å². The van der Waals surface area contributed by atoms with Crippen LogP contribution in [0.25, 0.3) is 0 Å². The van der Waals surface area contributed by atoms with E-state index in [1.54, 1.807) is 0 Å². The lowest BCUT2D eigenvalue weighted by Gasteiger charge is -2.17. The lowest BCUT2D eigenvalue weighted by molar-refractivity contribution is -0.0546. The van der Waals surface area contributed by atoms with Crippen LogP contribution in [0.5, 0.6) is 0 Å². The van der Waals surface area contributed by atoms with Gasteiger partial charge >= 0.3 is 0 Å². The van der Waals surface area contributed by atoms with E-state index in [2.05, 4.69) is 5.16 Å².